The fourth-order valence-corrected chi connectivity index (χ4v) is 6.84. The van der Waals surface area contributed by atoms with Crippen molar-refractivity contribution in [2.75, 3.05) is 4.90 Å². The van der Waals surface area contributed by atoms with Crippen LogP contribution in [0.1, 0.15) is 19.2 Å². The fourth-order valence-electron chi connectivity index (χ4n) is 6.84. The summed E-state index contributed by atoms with van der Waals surface area (Å²) in [6, 6.07) is 33.1. The topological polar surface area (TPSA) is 16.4 Å². The van der Waals surface area contributed by atoms with Gasteiger partial charge in [-0.25, -0.2) is 0 Å². The molecule has 2 nitrogen and oxygen atoms in total. The highest BCUT2D eigenvalue weighted by atomic mass is 16.3. The first-order chi connectivity index (χ1) is 32.6. The molecular formula is C52H35NO. The second-order valence-corrected chi connectivity index (χ2v) is 12.7. The molecule has 0 aliphatic heterocycles. The lowest BCUT2D eigenvalue weighted by atomic mass is 9.97. The number of benzene rings is 9. The van der Waals surface area contributed by atoms with E-state index in [9.17, 15) is 0 Å². The molecule has 10 rings (SSSR count). The third-order valence-electron chi connectivity index (χ3n) is 9.48. The lowest BCUT2D eigenvalue weighted by molar-refractivity contribution is 0.631. The summed E-state index contributed by atoms with van der Waals surface area (Å²) in [5.41, 5.74) is 6.48. The van der Waals surface area contributed by atoms with E-state index >= 15 is 0 Å². The average Bonchev–Trinajstić information content (AvgIpc) is 3.80. The third kappa shape index (κ3) is 5.81. The number of anilines is 3. The van der Waals surface area contributed by atoms with Gasteiger partial charge in [-0.15, -0.1) is 0 Å². The summed E-state index contributed by atoms with van der Waals surface area (Å²) < 4.78 is 126. The van der Waals surface area contributed by atoms with Crippen LogP contribution in [0, 0.1) is 0 Å². The van der Waals surface area contributed by atoms with Gasteiger partial charge in [-0.1, -0.05) is 157 Å². The summed E-state index contributed by atoms with van der Waals surface area (Å²) >= 11 is 0. The zero-order valence-electron chi connectivity index (χ0n) is 42.5. The van der Waals surface area contributed by atoms with Gasteiger partial charge in [0.1, 0.15) is 11.3 Å². The summed E-state index contributed by atoms with van der Waals surface area (Å²) in [7, 11) is 0. The second kappa shape index (κ2) is 13.4. The first-order valence-corrected chi connectivity index (χ1v) is 17.3. The van der Waals surface area contributed by atoms with E-state index in [0.717, 1.165) is 33.4 Å². The van der Waals surface area contributed by atoms with E-state index in [-0.39, 0.29) is 44.8 Å². The molecule has 1 aromatic heterocycles. The van der Waals surface area contributed by atoms with Crippen molar-refractivity contribution in [2.24, 2.45) is 0 Å². The minimum absolute atomic E-state index is 0.0254. The summed E-state index contributed by atoms with van der Waals surface area (Å²) in [5.74, 6) is 0.740. The van der Waals surface area contributed by atoms with Crippen LogP contribution in [0.3, 0.4) is 0 Å². The van der Waals surface area contributed by atoms with Gasteiger partial charge in [0, 0.05) is 28.0 Å². The summed E-state index contributed by atoms with van der Waals surface area (Å²) in [5, 5.41) is 0.662. The molecule has 0 saturated carbocycles. The molecule has 0 bridgehead atoms. The predicted molar refractivity (Wildman–Crippen MR) is 228 cm³/mol. The van der Waals surface area contributed by atoms with E-state index in [2.05, 4.69) is 6.07 Å². The second-order valence-electron chi connectivity index (χ2n) is 12.7. The molecule has 0 N–H and O–H groups in total. The number of nitrogens with zero attached hydrogens (tertiary/aromatic N) is 1. The van der Waals surface area contributed by atoms with Crippen LogP contribution in [0.25, 0.3) is 77.2 Å². The maximum atomic E-state index is 8.91. The molecule has 0 amide bonds. The van der Waals surface area contributed by atoms with Gasteiger partial charge < -0.3 is 9.32 Å². The lowest BCUT2D eigenvalue weighted by Crippen LogP contribution is -2.09. The molecule has 0 unspecified atom stereocenters. The van der Waals surface area contributed by atoms with E-state index in [4.69, 9.17) is 23.6 Å². The van der Waals surface area contributed by atoms with Crippen LogP contribution in [-0.2, 0) is 0 Å². The minimum atomic E-state index is -0.536. The molecule has 0 atom stereocenters. The summed E-state index contributed by atoms with van der Waals surface area (Å²) in [4.78, 5) is 1.94. The number of fused-ring (bicyclic) bond motifs is 3. The van der Waals surface area contributed by atoms with Crippen molar-refractivity contribution in [1.82, 2.24) is 0 Å². The van der Waals surface area contributed by atoms with Gasteiger partial charge >= 0.3 is 0 Å². The summed E-state index contributed by atoms with van der Waals surface area (Å²) in [6.45, 7) is 0. The Morgan fingerprint density at radius 3 is 1.44 bits per heavy atom. The van der Waals surface area contributed by atoms with Crippen molar-refractivity contribution < 1.29 is 23.6 Å². The largest absolute Gasteiger partial charge is 0.456 e. The van der Waals surface area contributed by atoms with Crippen LogP contribution in [0.5, 0.6) is 0 Å². The van der Waals surface area contributed by atoms with Crippen LogP contribution in [0.4, 0.5) is 17.1 Å². The Labute approximate surface area is 334 Å². The molecule has 0 spiro atoms. The molecule has 0 fully saturated rings. The normalized spacial score (nSPS) is 15.0. The van der Waals surface area contributed by atoms with Gasteiger partial charge in [0.15, 0.2) is 0 Å². The van der Waals surface area contributed by atoms with Crippen molar-refractivity contribution >= 4 is 49.6 Å². The van der Waals surface area contributed by atoms with Crippen molar-refractivity contribution in [3.05, 3.63) is 212 Å². The van der Waals surface area contributed by atoms with E-state index in [1.165, 1.54) is 0 Å². The molecule has 0 aliphatic rings. The highest BCUT2D eigenvalue weighted by Gasteiger charge is 2.15. The zero-order chi connectivity index (χ0) is 48.0. The quantitative estimate of drug-likeness (QED) is 0.164. The van der Waals surface area contributed by atoms with Crippen molar-refractivity contribution in [3.63, 3.8) is 0 Å². The summed E-state index contributed by atoms with van der Waals surface area (Å²) in [6.07, 6.45) is 0. The van der Waals surface area contributed by atoms with Gasteiger partial charge in [0.25, 0.3) is 0 Å². The highest BCUT2D eigenvalue weighted by Crippen LogP contribution is 2.40. The Balaban J connectivity index is 1.10. The standard InChI is InChI=1S/C52H35NO/c1-4-17-47-37(10-1)13-8-19-49(47)39-24-30-45(31-25-39)53(46-32-26-40(27-33-46)50-20-9-14-38-11-2-5-18-48(38)50)44-28-22-36(23-29-44)41-15-7-16-42(34-41)52-35-43-12-3-6-21-51(43)54-52/h1-35H/i1D,2D,4D,5D,8D,9D,10D,11D,13D,14D,17D,18D,19D,20D. The van der Waals surface area contributed by atoms with Crippen LogP contribution in [0.2, 0.25) is 0 Å². The highest BCUT2D eigenvalue weighted by molar-refractivity contribution is 5.98. The van der Waals surface area contributed by atoms with Gasteiger partial charge in [0.2, 0.25) is 0 Å². The fraction of sp³-hybridized carbons (Fsp3) is 0. The third-order valence-corrected chi connectivity index (χ3v) is 9.48. The maximum Gasteiger partial charge on any atom is 0.135 e. The Kier molecular flexibility index (Phi) is 5.02. The van der Waals surface area contributed by atoms with E-state index in [0.29, 0.717) is 28.2 Å². The lowest BCUT2D eigenvalue weighted by Gasteiger charge is -2.26. The first kappa shape index (κ1) is 20.2. The number of hydrogen-bond donors (Lipinski definition) is 0. The maximum absolute atomic E-state index is 8.91. The Morgan fingerprint density at radius 1 is 0.370 bits per heavy atom. The SMILES string of the molecule is [2H]c1c([2H])c([2H])c2c(-c3ccc(N(c4ccc(-c5cccc(-c6cc7ccccc7o6)c5)cc4)c4ccc(-c5c([2H])c([2H])c([2H])c6c([2H])c([2H])c([2H])c([2H])c56)cc4)cc3)c([2H])c([2H])c([2H])c2c1[2H]. The Morgan fingerprint density at radius 2 is 0.870 bits per heavy atom. The number of rotatable bonds is 7. The van der Waals surface area contributed by atoms with Crippen molar-refractivity contribution in [2.45, 2.75) is 0 Å². The molecule has 0 saturated heterocycles. The molecule has 1 heterocycles. The monoisotopic (exact) mass is 703 g/mol. The van der Waals surface area contributed by atoms with Gasteiger partial charge in [-0.2, -0.15) is 0 Å². The Hall–Kier alpha value is -7.16. The molecular weight excluding hydrogens is 655 g/mol. The molecule has 0 radical (unpaired) electrons. The van der Waals surface area contributed by atoms with Gasteiger partial charge in [0.05, 0.1) is 19.2 Å². The Bertz CT molecular complexity index is 3510. The number of para-hydroxylation sites is 1. The van der Waals surface area contributed by atoms with E-state index in [1.807, 2.05) is 77.7 Å². The van der Waals surface area contributed by atoms with Crippen LogP contribution >= 0.6 is 0 Å². The smallest absolute Gasteiger partial charge is 0.135 e. The molecule has 54 heavy (non-hydrogen) atoms. The average molecular weight is 704 g/mol. The van der Waals surface area contributed by atoms with E-state index in [1.54, 1.807) is 48.5 Å². The first-order valence-electron chi connectivity index (χ1n) is 24.3. The molecule has 0 aliphatic carbocycles. The van der Waals surface area contributed by atoms with Crippen LogP contribution in [0.15, 0.2) is 216 Å². The number of hydrogen-bond acceptors (Lipinski definition) is 2. The molecule has 254 valence electrons. The van der Waals surface area contributed by atoms with Crippen LogP contribution in [-0.4, -0.2) is 0 Å². The molecule has 10 aromatic rings. The molecule has 2 heteroatoms. The van der Waals surface area contributed by atoms with Gasteiger partial charge in [-0.3, -0.25) is 0 Å². The van der Waals surface area contributed by atoms with Crippen molar-refractivity contribution in [1.29, 1.82) is 0 Å². The molecule has 9 aromatic carbocycles. The van der Waals surface area contributed by atoms with Crippen molar-refractivity contribution in [3.8, 4) is 44.7 Å². The zero-order valence-corrected chi connectivity index (χ0v) is 28.5. The van der Waals surface area contributed by atoms with Crippen LogP contribution < -0.4 is 4.90 Å². The number of furan rings is 1. The van der Waals surface area contributed by atoms with Gasteiger partial charge in [-0.05, 0) is 110 Å². The minimum Gasteiger partial charge on any atom is -0.456 e. The predicted octanol–water partition coefficient (Wildman–Crippen LogP) is 14.9. The van der Waals surface area contributed by atoms with E-state index < -0.39 is 72.5 Å².